The van der Waals surface area contributed by atoms with E-state index in [0.29, 0.717) is 48.4 Å². The van der Waals surface area contributed by atoms with Gasteiger partial charge in [-0.1, -0.05) is 5.04 Å². The highest BCUT2D eigenvalue weighted by atomic mass is 35.5. The minimum atomic E-state index is -5.61. The van der Waals surface area contributed by atoms with Gasteiger partial charge in [-0.05, 0) is 84.4 Å². The number of nitrogens with two attached hydrogens (primary N) is 1. The van der Waals surface area contributed by atoms with Crippen LogP contribution in [-0.2, 0) is 90.4 Å². The van der Waals surface area contributed by atoms with Crippen molar-refractivity contribution in [3.8, 4) is 5.75 Å². The molecule has 0 spiro atoms. The Labute approximate surface area is 513 Å². The van der Waals surface area contributed by atoms with E-state index < -0.39 is 204 Å². The lowest BCUT2D eigenvalue weighted by Crippen LogP contribution is -2.19. The number of carbonyl (C=O) groups excluding carboxylic acids is 1. The van der Waals surface area contributed by atoms with Gasteiger partial charge in [-0.25, -0.2) is 19.1 Å². The van der Waals surface area contributed by atoms with E-state index in [9.17, 15) is 102 Å². The maximum atomic E-state index is 13.1. The van der Waals surface area contributed by atoms with E-state index in [1.165, 1.54) is 0 Å². The van der Waals surface area contributed by atoms with E-state index in [0.717, 1.165) is 48.5 Å². The number of aromatic nitrogens is 3. The second-order valence-corrected chi connectivity index (χ2v) is 27.3. The normalized spacial score (nSPS) is 13.0. The number of benzene rings is 6. The predicted octanol–water partition coefficient (Wildman–Crippen LogP) is 6.36. The number of amides is 2. The van der Waals surface area contributed by atoms with Crippen LogP contribution in [0.5, 0.6) is 5.75 Å². The molecule has 0 radical (unpaired) electrons. The lowest BCUT2D eigenvalue weighted by molar-refractivity contribution is -0.435. The van der Waals surface area contributed by atoms with Crippen LogP contribution in [0.4, 0.5) is 73.6 Å². The zero-order valence-electron chi connectivity index (χ0n) is 43.0. The number of hydrogen-bond acceptors (Lipinski definition) is 33. The van der Waals surface area contributed by atoms with Crippen LogP contribution in [0, 0.1) is 10.1 Å². The van der Waals surface area contributed by atoms with Crippen molar-refractivity contribution in [2.45, 2.75) is 34.3 Å². The summed E-state index contributed by atoms with van der Waals surface area (Å²) in [7, 11) is -32.8. The quantitative estimate of drug-likeness (QED) is 0.00533. The van der Waals surface area contributed by atoms with Gasteiger partial charge in [0.2, 0.25) is 17.2 Å². The molecule has 50 heteroatoms. The Morgan fingerprint density at radius 2 is 1.20 bits per heavy atom. The Morgan fingerprint density at radius 3 is 1.80 bits per heavy atom. The van der Waals surface area contributed by atoms with Gasteiger partial charge in [-0.2, -0.15) is 69.8 Å². The number of anilines is 7. The molecule has 41 nitrogen and oxygen atoms in total. The zero-order chi connectivity index (χ0) is 66.6. The number of phenolic OH excluding ortho intramolecular Hbond substituents is 1. The van der Waals surface area contributed by atoms with Gasteiger partial charge in [-0.3, -0.25) is 37.4 Å². The van der Waals surface area contributed by atoms with Gasteiger partial charge in [0.1, 0.15) is 52.1 Å². The molecule has 0 aliphatic heterocycles. The number of primary amides is 1. The van der Waals surface area contributed by atoms with Crippen molar-refractivity contribution in [1.82, 2.24) is 15.0 Å². The highest BCUT2D eigenvalue weighted by Crippen LogP contribution is 2.46. The molecule has 1 atom stereocenters. The monoisotopic (exact) mass is 1430 g/mol. The van der Waals surface area contributed by atoms with Gasteiger partial charge in [0.25, 0.3) is 66.4 Å². The molecule has 6 aromatic carbocycles. The maximum Gasteiger partial charge on any atom is 0.316 e. The zero-order valence-corrected chi connectivity index (χ0v) is 50.3. The van der Waals surface area contributed by atoms with E-state index in [1.807, 2.05) is 0 Å². The third-order valence-electron chi connectivity index (χ3n) is 10.8. The first-order valence-electron chi connectivity index (χ1n) is 22.6. The first kappa shape index (κ1) is 69.2. The number of non-ortho nitro benzene ring substituents is 1. The number of nitro groups is 1. The average Bonchev–Trinajstić information content (AvgIpc) is 0.751. The van der Waals surface area contributed by atoms with Gasteiger partial charge >= 0.3 is 6.03 Å². The Hall–Kier alpha value is -8.29. The highest BCUT2D eigenvalue weighted by Gasteiger charge is 2.31. The minimum Gasteiger partial charge on any atom is -0.505 e. The Bertz CT molecular complexity index is 4920. The van der Waals surface area contributed by atoms with E-state index in [-0.39, 0.29) is 16.3 Å². The molecule has 480 valence electrons. The topological polar surface area (TPSA) is 643 Å². The van der Waals surface area contributed by atoms with E-state index in [1.54, 1.807) is 0 Å². The van der Waals surface area contributed by atoms with Crippen LogP contribution in [0.1, 0.15) is 0 Å². The molecule has 0 saturated carbocycles. The average molecular weight is 1430 g/mol. The predicted molar refractivity (Wildman–Crippen MR) is 304 cm³/mol. The lowest BCUT2D eigenvalue weighted by atomic mass is 10.1. The molecule has 1 aromatic heterocycles. The van der Waals surface area contributed by atoms with Crippen LogP contribution in [0.15, 0.2) is 140 Å². The van der Waals surface area contributed by atoms with Crippen LogP contribution in [0.2, 0.25) is 5.28 Å². The summed E-state index contributed by atoms with van der Waals surface area (Å²) in [6.07, 6.45) is 0. The largest absolute Gasteiger partial charge is 0.505 e. The fourth-order valence-corrected chi connectivity index (χ4v) is 12.4. The molecular weight excluding hydrogens is 1400 g/mol. The molecule has 2 amide bonds. The van der Waals surface area contributed by atoms with Crippen molar-refractivity contribution < 1.29 is 121 Å². The van der Waals surface area contributed by atoms with Crippen LogP contribution >= 0.6 is 23.6 Å². The minimum absolute atomic E-state index is 0.107. The third-order valence-corrected chi connectivity index (χ3v) is 17.6. The van der Waals surface area contributed by atoms with Crippen LogP contribution in [-0.4, -0.2) is 131 Å². The molecule has 1 unspecified atom stereocenters. The number of carbonyl (C=O) groups is 1. The van der Waals surface area contributed by atoms with E-state index in [2.05, 4.69) is 66.0 Å². The first-order chi connectivity index (χ1) is 41.7. The number of hydrogen-bond donors (Lipinski definition) is 13. The summed E-state index contributed by atoms with van der Waals surface area (Å²) in [4.78, 5) is 31.3. The summed E-state index contributed by atoms with van der Waals surface area (Å²) in [5, 5.41) is 55.8. The van der Waals surface area contributed by atoms with Crippen molar-refractivity contribution in [2.24, 2.45) is 26.2 Å². The molecule has 7 aromatic rings. The van der Waals surface area contributed by atoms with Crippen LogP contribution < -0.4 is 27.0 Å². The number of fused-ring (bicyclic) bond motifs is 1. The van der Waals surface area contributed by atoms with Crippen molar-refractivity contribution in [3.05, 3.63) is 100 Å². The van der Waals surface area contributed by atoms with Gasteiger partial charge in [0.15, 0.2) is 16.8 Å². The molecule has 0 aliphatic carbocycles. The summed E-state index contributed by atoms with van der Waals surface area (Å²) in [5.74, 6) is -2.85. The van der Waals surface area contributed by atoms with Crippen LogP contribution in [0.3, 0.4) is 0 Å². The van der Waals surface area contributed by atoms with Crippen molar-refractivity contribution in [3.63, 3.8) is 0 Å². The Balaban J connectivity index is 1.21. The van der Waals surface area contributed by atoms with Crippen LogP contribution in [0.25, 0.3) is 10.8 Å². The fourth-order valence-electron chi connectivity index (χ4n) is 7.25. The maximum absolute atomic E-state index is 13.1. The standard InChI is InChI=1S/C40H32ClN13O28S8/c41-37-47-39(43-17-1-5-22(26(11-17)45-38(42)56)50-52-28-16-31(87(67,68)69)27(15-32(28)88(70,71)72)44-23-6-2-18(54(57)58)12-29(23)85(61,62)63)49-40(48-37)46-25-8-4-20-21(36(25)90(76,77)78)14-33(89(73,74)75)34(35(20)55)53-51-24-7-3-19(13-30(24)86(64,65)66)83-81-79-9-10-84(60)82-80-59/h1-8,11-16,44,55,59H,9-10H2,(H3,42,45,56)(H,61,62,63)(H,64,65,66)(H,67,68,69)(H,70,71,72)(H,73,74,75)(H,76,77,78)(H2,43,46,47,48,49). The summed E-state index contributed by atoms with van der Waals surface area (Å²) in [6.45, 7) is -0.420. The number of halogens is 1. The summed E-state index contributed by atoms with van der Waals surface area (Å²) in [5.41, 5.74) is -2.05. The molecule has 90 heavy (non-hydrogen) atoms. The summed E-state index contributed by atoms with van der Waals surface area (Å²) in [6, 6.07) is 9.08. The van der Waals surface area contributed by atoms with Crippen molar-refractivity contribution in [1.29, 1.82) is 0 Å². The molecule has 0 bridgehead atoms. The molecule has 0 fully saturated rings. The van der Waals surface area contributed by atoms with Crippen molar-refractivity contribution in [2.75, 3.05) is 33.6 Å². The number of rotatable bonds is 26. The molecule has 7 rings (SSSR count). The number of urea groups is 1. The molecule has 1 heterocycles. The van der Waals surface area contributed by atoms with E-state index in [4.69, 9.17) is 31.8 Å². The number of nitro benzene ring substituents is 1. The van der Waals surface area contributed by atoms with Crippen molar-refractivity contribution >= 4 is 181 Å². The first-order valence-corrected chi connectivity index (χ1v) is 33.6. The molecule has 0 saturated heterocycles. The fraction of sp³-hybridized carbons (Fsp3) is 0.0500. The number of nitrogens with one attached hydrogen (secondary N) is 4. The van der Waals surface area contributed by atoms with Gasteiger partial charge in [0, 0.05) is 33.5 Å². The Kier molecular flexibility index (Phi) is 20.8. The second kappa shape index (κ2) is 27.0. The number of phenols is 1. The smallest absolute Gasteiger partial charge is 0.316 e. The van der Waals surface area contributed by atoms with Gasteiger partial charge in [0.05, 0.1) is 52.1 Å². The van der Waals surface area contributed by atoms with Gasteiger partial charge in [-0.15, -0.1) is 24.8 Å². The number of azo groups is 2. The van der Waals surface area contributed by atoms with Gasteiger partial charge < -0.3 is 32.1 Å². The molecular formula is C40H32ClN13O28S8. The molecule has 0 aliphatic rings. The Morgan fingerprint density at radius 1 is 0.622 bits per heavy atom. The van der Waals surface area contributed by atoms with E-state index >= 15 is 0 Å². The summed E-state index contributed by atoms with van der Waals surface area (Å²) < 4.78 is 232. The highest BCUT2D eigenvalue weighted by molar-refractivity contribution is 7.94. The molecule has 14 N–H and O–H groups in total. The SMILES string of the molecule is NC(=O)Nc1cc(Nc2nc(Cl)nc(Nc3ccc4c(O)c(N=Nc5ccc(SOOCCS(=O)OOO)cc5S(=O)(=O)O)c(S(=O)(=O)O)cc4c3S(=O)(=O)O)n2)ccc1N=Nc1cc(S(=O)(=O)O)c(Nc2ccc([N+](=O)[O-])cc2S(=O)(=O)O)cc1S(=O)(=O)O. The number of nitrogens with zero attached hydrogens (tertiary/aromatic N) is 8. The second-order valence-electron chi connectivity index (χ2n) is 16.7. The number of aromatic hydroxyl groups is 1. The summed E-state index contributed by atoms with van der Waals surface area (Å²) >= 11 is 4.35. The third kappa shape index (κ3) is 17.3. The lowest BCUT2D eigenvalue weighted by Gasteiger charge is -2.15.